The molecule has 0 bridgehead atoms. The zero-order chi connectivity index (χ0) is 15.4. The third-order valence-electron chi connectivity index (χ3n) is 3.57. The maximum absolute atomic E-state index is 12.5. The minimum absolute atomic E-state index is 0.0605. The summed E-state index contributed by atoms with van der Waals surface area (Å²) >= 11 is 0. The molecule has 6 nitrogen and oxygen atoms in total. The van der Waals surface area contributed by atoms with E-state index in [0.717, 1.165) is 11.4 Å². The highest BCUT2D eigenvalue weighted by Gasteiger charge is 2.28. The summed E-state index contributed by atoms with van der Waals surface area (Å²) < 4.78 is 0. The van der Waals surface area contributed by atoms with Gasteiger partial charge in [-0.2, -0.15) is 0 Å². The summed E-state index contributed by atoms with van der Waals surface area (Å²) in [4.78, 5) is 27.4. The molecule has 1 aliphatic heterocycles. The van der Waals surface area contributed by atoms with Gasteiger partial charge in [-0.15, -0.1) is 0 Å². The predicted octanol–water partition coefficient (Wildman–Crippen LogP) is 0.829. The monoisotopic (exact) mass is 290 g/mol. The summed E-state index contributed by atoms with van der Waals surface area (Å²) in [5.74, 6) is -0.135. The first-order valence-electron chi connectivity index (χ1n) is 7.11. The molecule has 6 heteroatoms. The Bertz CT molecular complexity index is 530. The Balaban J connectivity index is 2.04. The van der Waals surface area contributed by atoms with E-state index in [1.807, 2.05) is 31.2 Å². The minimum Gasteiger partial charge on any atom is -0.381 e. The second-order valence-corrected chi connectivity index (χ2v) is 5.26. The molecular weight excluding hydrogens is 268 g/mol. The lowest BCUT2D eigenvalue weighted by molar-refractivity contribution is -0.139. The fourth-order valence-electron chi connectivity index (χ4n) is 2.23. The van der Waals surface area contributed by atoms with Crippen molar-refractivity contribution in [2.24, 2.45) is 0 Å². The molecule has 1 aliphatic rings. The fourth-order valence-corrected chi connectivity index (χ4v) is 2.23. The van der Waals surface area contributed by atoms with E-state index in [0.29, 0.717) is 13.1 Å². The van der Waals surface area contributed by atoms with Crippen LogP contribution in [0.2, 0.25) is 0 Å². The highest BCUT2D eigenvalue weighted by atomic mass is 16.2. The number of likely N-dealkylation sites (N-methyl/N-ethyl adjacent to an activating group) is 2. The number of rotatable bonds is 4. The van der Waals surface area contributed by atoms with Gasteiger partial charge in [-0.25, -0.2) is 0 Å². The Morgan fingerprint density at radius 1 is 1.24 bits per heavy atom. The second-order valence-electron chi connectivity index (χ2n) is 5.26. The Labute approximate surface area is 125 Å². The van der Waals surface area contributed by atoms with E-state index in [1.165, 1.54) is 4.90 Å². The topological polar surface area (TPSA) is 64.7 Å². The molecular formula is C15H22N4O2. The standard InChI is InChI=1S/C15H22N4O2/c1-4-19(10-14(20)18(2)3)15(21)13-9-16-11-7-5-6-8-12(11)17-13/h5-8,13,16-17H,4,9-10H2,1-3H3. The summed E-state index contributed by atoms with van der Waals surface area (Å²) in [6.07, 6.45) is 0. The smallest absolute Gasteiger partial charge is 0.247 e. The van der Waals surface area contributed by atoms with Gasteiger partial charge in [0.05, 0.1) is 17.9 Å². The van der Waals surface area contributed by atoms with Gasteiger partial charge in [-0.05, 0) is 19.1 Å². The zero-order valence-corrected chi connectivity index (χ0v) is 12.7. The van der Waals surface area contributed by atoms with Crippen LogP contribution in [0.3, 0.4) is 0 Å². The third-order valence-corrected chi connectivity index (χ3v) is 3.57. The number of carbonyl (C=O) groups excluding carboxylic acids is 2. The lowest BCUT2D eigenvalue weighted by atomic mass is 10.1. The van der Waals surface area contributed by atoms with Gasteiger partial charge in [-0.3, -0.25) is 9.59 Å². The molecule has 0 saturated heterocycles. The van der Waals surface area contributed by atoms with E-state index in [-0.39, 0.29) is 24.4 Å². The molecule has 0 fully saturated rings. The van der Waals surface area contributed by atoms with E-state index in [4.69, 9.17) is 0 Å². The first-order valence-corrected chi connectivity index (χ1v) is 7.11. The van der Waals surface area contributed by atoms with Gasteiger partial charge in [0.2, 0.25) is 11.8 Å². The SMILES string of the molecule is CCN(CC(=O)N(C)C)C(=O)C1CNc2ccccc2N1. The van der Waals surface area contributed by atoms with Crippen molar-refractivity contribution in [2.75, 3.05) is 44.4 Å². The minimum atomic E-state index is -0.352. The molecule has 1 unspecified atom stereocenters. The molecule has 0 radical (unpaired) electrons. The quantitative estimate of drug-likeness (QED) is 0.862. The summed E-state index contributed by atoms with van der Waals surface area (Å²) in [5.41, 5.74) is 1.91. The predicted molar refractivity (Wildman–Crippen MR) is 83.3 cm³/mol. The molecule has 0 aliphatic carbocycles. The molecule has 0 aromatic heterocycles. The van der Waals surface area contributed by atoms with Gasteiger partial charge in [0.25, 0.3) is 0 Å². The largest absolute Gasteiger partial charge is 0.381 e. The number of benzene rings is 1. The van der Waals surface area contributed by atoms with Crippen LogP contribution in [0.25, 0.3) is 0 Å². The molecule has 114 valence electrons. The molecule has 2 N–H and O–H groups in total. The summed E-state index contributed by atoms with van der Waals surface area (Å²) in [5, 5.41) is 6.48. The number of anilines is 2. The highest BCUT2D eigenvalue weighted by Crippen LogP contribution is 2.25. The van der Waals surface area contributed by atoms with Crippen LogP contribution in [-0.4, -0.2) is 61.4 Å². The molecule has 2 amide bonds. The van der Waals surface area contributed by atoms with Crippen LogP contribution in [-0.2, 0) is 9.59 Å². The van der Waals surface area contributed by atoms with Crippen LogP contribution in [0, 0.1) is 0 Å². The lowest BCUT2D eigenvalue weighted by Crippen LogP contribution is -2.50. The van der Waals surface area contributed by atoms with Crippen molar-refractivity contribution in [3.8, 4) is 0 Å². The molecule has 2 rings (SSSR count). The Hall–Kier alpha value is -2.24. The van der Waals surface area contributed by atoms with Crippen molar-refractivity contribution in [1.82, 2.24) is 9.80 Å². The molecule has 1 aromatic rings. The molecule has 1 aromatic carbocycles. The van der Waals surface area contributed by atoms with Crippen LogP contribution in [0.1, 0.15) is 6.92 Å². The van der Waals surface area contributed by atoms with Crippen LogP contribution < -0.4 is 10.6 Å². The Morgan fingerprint density at radius 3 is 2.52 bits per heavy atom. The number of carbonyl (C=O) groups is 2. The summed E-state index contributed by atoms with van der Waals surface area (Å²) in [6, 6.07) is 7.42. The van der Waals surface area contributed by atoms with E-state index in [9.17, 15) is 9.59 Å². The van der Waals surface area contributed by atoms with E-state index >= 15 is 0 Å². The summed E-state index contributed by atoms with van der Waals surface area (Å²) in [6.45, 7) is 3.02. The van der Waals surface area contributed by atoms with Gasteiger partial charge < -0.3 is 20.4 Å². The molecule has 0 spiro atoms. The van der Waals surface area contributed by atoms with Crippen molar-refractivity contribution in [3.05, 3.63) is 24.3 Å². The third kappa shape index (κ3) is 3.45. The van der Waals surface area contributed by atoms with Crippen molar-refractivity contribution in [2.45, 2.75) is 13.0 Å². The molecule has 1 atom stereocenters. The maximum Gasteiger partial charge on any atom is 0.247 e. The number of para-hydroxylation sites is 2. The maximum atomic E-state index is 12.5. The lowest BCUT2D eigenvalue weighted by Gasteiger charge is -2.31. The van der Waals surface area contributed by atoms with Crippen LogP contribution in [0.4, 0.5) is 11.4 Å². The van der Waals surface area contributed by atoms with Crippen molar-refractivity contribution in [1.29, 1.82) is 0 Å². The first-order chi connectivity index (χ1) is 10.0. The number of nitrogens with zero attached hydrogens (tertiary/aromatic N) is 2. The van der Waals surface area contributed by atoms with Crippen molar-refractivity contribution in [3.63, 3.8) is 0 Å². The Kier molecular flexibility index (Phi) is 4.67. The number of amides is 2. The van der Waals surface area contributed by atoms with Crippen LogP contribution in [0.15, 0.2) is 24.3 Å². The average Bonchev–Trinajstić information content (AvgIpc) is 2.51. The van der Waals surface area contributed by atoms with Crippen LogP contribution >= 0.6 is 0 Å². The van der Waals surface area contributed by atoms with Gasteiger partial charge in [0.15, 0.2) is 0 Å². The van der Waals surface area contributed by atoms with Crippen LogP contribution in [0.5, 0.6) is 0 Å². The fraction of sp³-hybridized carbons (Fsp3) is 0.467. The van der Waals surface area contributed by atoms with Crippen molar-refractivity contribution < 1.29 is 9.59 Å². The van der Waals surface area contributed by atoms with E-state index < -0.39 is 0 Å². The number of hydrogen-bond acceptors (Lipinski definition) is 4. The van der Waals surface area contributed by atoms with Crippen molar-refractivity contribution >= 4 is 23.2 Å². The summed E-state index contributed by atoms with van der Waals surface area (Å²) in [7, 11) is 3.38. The number of hydrogen-bond donors (Lipinski definition) is 2. The van der Waals surface area contributed by atoms with Gasteiger partial charge >= 0.3 is 0 Å². The highest BCUT2D eigenvalue weighted by molar-refractivity contribution is 5.91. The normalized spacial score (nSPS) is 16.2. The zero-order valence-electron chi connectivity index (χ0n) is 12.7. The second kappa shape index (κ2) is 6.47. The first kappa shape index (κ1) is 15.2. The molecule has 0 saturated carbocycles. The van der Waals surface area contributed by atoms with E-state index in [1.54, 1.807) is 19.0 Å². The molecule has 21 heavy (non-hydrogen) atoms. The van der Waals surface area contributed by atoms with E-state index in [2.05, 4.69) is 10.6 Å². The number of nitrogens with one attached hydrogen (secondary N) is 2. The Morgan fingerprint density at radius 2 is 1.90 bits per heavy atom. The molecule has 1 heterocycles. The van der Waals surface area contributed by atoms with Gasteiger partial charge in [0.1, 0.15) is 6.04 Å². The number of fused-ring (bicyclic) bond motifs is 1. The van der Waals surface area contributed by atoms with Gasteiger partial charge in [0, 0.05) is 27.2 Å². The average molecular weight is 290 g/mol. The van der Waals surface area contributed by atoms with Gasteiger partial charge in [-0.1, -0.05) is 12.1 Å².